The summed E-state index contributed by atoms with van der Waals surface area (Å²) in [5, 5.41) is 2.90. The highest BCUT2D eigenvalue weighted by molar-refractivity contribution is 7.71. The summed E-state index contributed by atoms with van der Waals surface area (Å²) >= 11 is 5.13. The number of nitrogens with one attached hydrogen (secondary N) is 2. The molecule has 0 aromatic carbocycles. The minimum absolute atomic E-state index is 0.00694. The van der Waals surface area contributed by atoms with Crippen molar-refractivity contribution in [1.82, 2.24) is 14.9 Å². The van der Waals surface area contributed by atoms with Gasteiger partial charge in [0.25, 0.3) is 0 Å². The largest absolute Gasteiger partial charge is 0.354 e. The molecule has 1 unspecified atom stereocenters. The zero-order chi connectivity index (χ0) is 12.3. The molecule has 0 fully saturated rings. The predicted octanol–water partition coefficient (Wildman–Crippen LogP) is 2.19. The fourth-order valence-electron chi connectivity index (χ4n) is 1.52. The zero-order valence-electron chi connectivity index (χ0n) is 10.2. The number of imidazole rings is 1. The summed E-state index contributed by atoms with van der Waals surface area (Å²) in [6.07, 6.45) is 1.81. The van der Waals surface area contributed by atoms with Crippen molar-refractivity contribution >= 4 is 18.1 Å². The standard InChI is InChI=1S/C11H19N3OS/c1-7(2)5-12-10(15)9(4)14-8(3)6-13-11(14)16/h6-7,9H,5H2,1-4H3,(H,12,15)(H,13,16). The third-order valence-electron chi connectivity index (χ3n) is 2.45. The quantitative estimate of drug-likeness (QED) is 0.794. The Balaban J connectivity index is 2.75. The van der Waals surface area contributed by atoms with Crippen molar-refractivity contribution in [2.75, 3.05) is 6.54 Å². The summed E-state index contributed by atoms with van der Waals surface area (Å²) in [5.74, 6) is 0.462. The van der Waals surface area contributed by atoms with Crippen LogP contribution in [-0.2, 0) is 4.79 Å². The van der Waals surface area contributed by atoms with Crippen molar-refractivity contribution in [3.8, 4) is 0 Å². The number of aromatic amines is 1. The maximum absolute atomic E-state index is 11.9. The van der Waals surface area contributed by atoms with E-state index in [-0.39, 0.29) is 11.9 Å². The molecule has 0 aliphatic heterocycles. The lowest BCUT2D eigenvalue weighted by Gasteiger charge is -2.16. The number of aryl methyl sites for hydroxylation is 1. The molecular formula is C11H19N3OS. The number of nitrogens with zero attached hydrogens (tertiary/aromatic N) is 1. The summed E-state index contributed by atoms with van der Waals surface area (Å²) in [4.78, 5) is 14.8. The molecule has 1 aromatic heterocycles. The van der Waals surface area contributed by atoms with Gasteiger partial charge in [0.15, 0.2) is 4.77 Å². The normalized spacial score (nSPS) is 12.8. The third kappa shape index (κ3) is 2.95. The molecule has 1 rings (SSSR count). The van der Waals surface area contributed by atoms with Gasteiger partial charge in [0, 0.05) is 18.4 Å². The summed E-state index contributed by atoms with van der Waals surface area (Å²) < 4.78 is 2.41. The van der Waals surface area contributed by atoms with E-state index in [4.69, 9.17) is 12.2 Å². The molecule has 1 aromatic rings. The van der Waals surface area contributed by atoms with Crippen LogP contribution >= 0.6 is 12.2 Å². The van der Waals surface area contributed by atoms with E-state index < -0.39 is 0 Å². The van der Waals surface area contributed by atoms with Gasteiger partial charge < -0.3 is 14.9 Å². The smallest absolute Gasteiger partial charge is 0.242 e. The number of carbonyl (C=O) groups is 1. The fraction of sp³-hybridized carbons (Fsp3) is 0.636. The molecule has 0 aliphatic carbocycles. The Labute approximate surface area is 101 Å². The van der Waals surface area contributed by atoms with Crippen molar-refractivity contribution in [1.29, 1.82) is 0 Å². The van der Waals surface area contributed by atoms with E-state index in [1.807, 2.05) is 24.6 Å². The van der Waals surface area contributed by atoms with E-state index in [1.165, 1.54) is 0 Å². The highest BCUT2D eigenvalue weighted by Gasteiger charge is 2.16. The Morgan fingerprint density at radius 2 is 2.19 bits per heavy atom. The van der Waals surface area contributed by atoms with Gasteiger partial charge in [-0.3, -0.25) is 4.79 Å². The maximum Gasteiger partial charge on any atom is 0.242 e. The van der Waals surface area contributed by atoms with Crippen LogP contribution in [0, 0.1) is 17.6 Å². The predicted molar refractivity (Wildman–Crippen MR) is 66.9 cm³/mol. The molecule has 1 heterocycles. The topological polar surface area (TPSA) is 49.8 Å². The van der Waals surface area contributed by atoms with Gasteiger partial charge in [-0.1, -0.05) is 13.8 Å². The minimum atomic E-state index is -0.266. The zero-order valence-corrected chi connectivity index (χ0v) is 11.0. The number of amides is 1. The number of carbonyl (C=O) groups excluding carboxylic acids is 1. The highest BCUT2D eigenvalue weighted by Crippen LogP contribution is 2.10. The third-order valence-corrected chi connectivity index (χ3v) is 2.77. The van der Waals surface area contributed by atoms with Gasteiger partial charge in [0.2, 0.25) is 5.91 Å². The molecule has 0 aliphatic rings. The first-order valence-corrected chi connectivity index (χ1v) is 5.88. The Bertz CT molecular complexity index is 419. The van der Waals surface area contributed by atoms with Crippen LogP contribution in [0.4, 0.5) is 0 Å². The van der Waals surface area contributed by atoms with Crippen LogP contribution < -0.4 is 5.32 Å². The second-order valence-corrected chi connectivity index (χ2v) is 4.81. The molecule has 90 valence electrons. The molecular weight excluding hydrogens is 222 g/mol. The SMILES string of the molecule is Cc1c[nH]c(=S)n1C(C)C(=O)NCC(C)C. The minimum Gasteiger partial charge on any atom is -0.354 e. The van der Waals surface area contributed by atoms with E-state index >= 15 is 0 Å². The number of rotatable bonds is 4. The molecule has 2 N–H and O–H groups in total. The lowest BCUT2D eigenvalue weighted by Crippen LogP contribution is -2.33. The molecule has 1 amide bonds. The lowest BCUT2D eigenvalue weighted by molar-refractivity contribution is -0.124. The molecule has 5 heteroatoms. The van der Waals surface area contributed by atoms with E-state index in [0.29, 0.717) is 17.2 Å². The number of hydrogen-bond acceptors (Lipinski definition) is 2. The summed E-state index contributed by atoms with van der Waals surface area (Å²) in [6, 6.07) is -0.266. The van der Waals surface area contributed by atoms with E-state index in [0.717, 1.165) is 5.69 Å². The first kappa shape index (κ1) is 13.0. The van der Waals surface area contributed by atoms with Crippen LogP contribution in [0.2, 0.25) is 0 Å². The second-order valence-electron chi connectivity index (χ2n) is 4.42. The molecule has 0 saturated heterocycles. The van der Waals surface area contributed by atoms with Gasteiger partial charge in [-0.2, -0.15) is 0 Å². The number of H-pyrrole nitrogens is 1. The first-order chi connectivity index (χ1) is 7.43. The molecule has 0 bridgehead atoms. The summed E-state index contributed by atoms with van der Waals surface area (Å²) in [5.41, 5.74) is 0.970. The Morgan fingerprint density at radius 1 is 1.56 bits per heavy atom. The van der Waals surface area contributed by atoms with Crippen LogP contribution in [0.3, 0.4) is 0 Å². The van der Waals surface area contributed by atoms with Gasteiger partial charge in [-0.15, -0.1) is 0 Å². The average Bonchev–Trinajstić information content (AvgIpc) is 2.54. The fourth-order valence-corrected chi connectivity index (χ4v) is 1.88. The Kier molecular flexibility index (Phi) is 4.29. The van der Waals surface area contributed by atoms with E-state index in [9.17, 15) is 4.79 Å². The Hall–Kier alpha value is -1.10. The van der Waals surface area contributed by atoms with Gasteiger partial charge in [-0.05, 0) is 32.0 Å². The maximum atomic E-state index is 11.9. The second kappa shape index (κ2) is 5.30. The molecule has 1 atom stereocenters. The van der Waals surface area contributed by atoms with Gasteiger partial charge in [-0.25, -0.2) is 0 Å². The van der Waals surface area contributed by atoms with Crippen molar-refractivity contribution in [3.63, 3.8) is 0 Å². The Morgan fingerprint density at radius 3 is 2.62 bits per heavy atom. The van der Waals surface area contributed by atoms with E-state index in [2.05, 4.69) is 24.1 Å². The van der Waals surface area contributed by atoms with Crippen LogP contribution in [0.1, 0.15) is 32.5 Å². The van der Waals surface area contributed by atoms with Crippen LogP contribution in [0.25, 0.3) is 0 Å². The van der Waals surface area contributed by atoms with Gasteiger partial charge in [0.05, 0.1) is 0 Å². The molecule has 0 radical (unpaired) electrons. The van der Waals surface area contributed by atoms with Crippen LogP contribution in [0.5, 0.6) is 0 Å². The highest BCUT2D eigenvalue weighted by atomic mass is 32.1. The van der Waals surface area contributed by atoms with Crippen LogP contribution in [-0.4, -0.2) is 22.0 Å². The van der Waals surface area contributed by atoms with Crippen molar-refractivity contribution in [2.24, 2.45) is 5.92 Å². The summed E-state index contributed by atoms with van der Waals surface area (Å²) in [7, 11) is 0. The average molecular weight is 241 g/mol. The summed E-state index contributed by atoms with van der Waals surface area (Å²) in [6.45, 7) is 8.61. The van der Waals surface area contributed by atoms with Gasteiger partial charge in [0.1, 0.15) is 6.04 Å². The van der Waals surface area contributed by atoms with Crippen LogP contribution in [0.15, 0.2) is 6.20 Å². The molecule has 0 spiro atoms. The van der Waals surface area contributed by atoms with Crippen molar-refractivity contribution < 1.29 is 4.79 Å². The molecule has 4 nitrogen and oxygen atoms in total. The van der Waals surface area contributed by atoms with Crippen molar-refractivity contribution in [2.45, 2.75) is 33.7 Å². The number of aromatic nitrogens is 2. The first-order valence-electron chi connectivity index (χ1n) is 5.47. The number of hydrogen-bond donors (Lipinski definition) is 2. The molecule has 16 heavy (non-hydrogen) atoms. The molecule has 0 saturated carbocycles. The van der Waals surface area contributed by atoms with E-state index in [1.54, 1.807) is 0 Å². The monoisotopic (exact) mass is 241 g/mol. The van der Waals surface area contributed by atoms with Gasteiger partial charge >= 0.3 is 0 Å². The lowest BCUT2D eigenvalue weighted by atomic mass is 10.2. The van der Waals surface area contributed by atoms with Crippen molar-refractivity contribution in [3.05, 3.63) is 16.7 Å².